The number of rotatable bonds is 3. The Morgan fingerprint density at radius 2 is 2.17 bits per heavy atom. The second-order valence-corrected chi connectivity index (χ2v) is 5.36. The molecule has 0 radical (unpaired) electrons. The van der Waals surface area contributed by atoms with E-state index in [0.29, 0.717) is 13.1 Å². The van der Waals surface area contributed by atoms with Crippen molar-refractivity contribution >= 4 is 17.9 Å². The highest BCUT2D eigenvalue weighted by atomic mass is 32.2. The first-order valence-electron chi connectivity index (χ1n) is 5.87. The van der Waals surface area contributed by atoms with Crippen molar-refractivity contribution in [3.63, 3.8) is 0 Å². The number of carbonyl (C=O) groups excluding carboxylic acids is 1. The lowest BCUT2D eigenvalue weighted by Gasteiger charge is -2.15. The minimum Gasteiger partial charge on any atom is -0.445 e. The van der Waals surface area contributed by atoms with Crippen LogP contribution in [0, 0.1) is 0 Å². The number of thioether (sulfide) groups is 1. The number of hydrogen-bond acceptors (Lipinski definition) is 4. The molecule has 2 rings (SSSR count). The Labute approximate surface area is 111 Å². The molecule has 0 aromatic heterocycles. The molecule has 1 heterocycles. The van der Waals surface area contributed by atoms with E-state index in [9.17, 15) is 9.90 Å². The monoisotopic (exact) mass is 267 g/mol. The molecule has 0 saturated carbocycles. The summed E-state index contributed by atoms with van der Waals surface area (Å²) in [6.45, 7) is 1.19. The van der Waals surface area contributed by atoms with Gasteiger partial charge in [-0.15, -0.1) is 0 Å². The quantitative estimate of drug-likeness (QED) is 0.906. The third-order valence-corrected chi connectivity index (χ3v) is 4.07. The van der Waals surface area contributed by atoms with E-state index in [2.05, 4.69) is 0 Å². The molecule has 1 amide bonds. The van der Waals surface area contributed by atoms with Crippen LogP contribution in [0.1, 0.15) is 5.56 Å². The van der Waals surface area contributed by atoms with Crippen LogP contribution in [0.2, 0.25) is 0 Å². The number of carbonyl (C=O) groups is 1. The summed E-state index contributed by atoms with van der Waals surface area (Å²) in [5, 5.41) is 9.82. The highest BCUT2D eigenvalue weighted by Crippen LogP contribution is 2.21. The molecule has 18 heavy (non-hydrogen) atoms. The van der Waals surface area contributed by atoms with Crippen LogP contribution in [-0.2, 0) is 11.3 Å². The summed E-state index contributed by atoms with van der Waals surface area (Å²) in [5.41, 5.74) is 0.965. The Bertz CT molecular complexity index is 398. The minimum atomic E-state index is -0.454. The Morgan fingerprint density at radius 3 is 2.78 bits per heavy atom. The Kier molecular flexibility index (Phi) is 4.49. The molecule has 0 aliphatic carbocycles. The van der Waals surface area contributed by atoms with Crippen molar-refractivity contribution in [3.05, 3.63) is 35.9 Å². The third-order valence-electron chi connectivity index (χ3n) is 3.00. The van der Waals surface area contributed by atoms with Gasteiger partial charge in [-0.3, -0.25) is 0 Å². The molecule has 4 nitrogen and oxygen atoms in total. The molecule has 1 N–H and O–H groups in total. The smallest absolute Gasteiger partial charge is 0.410 e. The van der Waals surface area contributed by atoms with Crippen molar-refractivity contribution in [2.24, 2.45) is 0 Å². The molecule has 1 aliphatic heterocycles. The lowest BCUT2D eigenvalue weighted by atomic mass is 10.2. The Hall–Kier alpha value is -1.20. The highest BCUT2D eigenvalue weighted by molar-refractivity contribution is 7.99. The van der Waals surface area contributed by atoms with Crippen LogP contribution in [0.3, 0.4) is 0 Å². The van der Waals surface area contributed by atoms with E-state index in [1.807, 2.05) is 36.6 Å². The first kappa shape index (κ1) is 13.2. The summed E-state index contributed by atoms with van der Waals surface area (Å²) in [5.74, 6) is 0. The zero-order valence-electron chi connectivity index (χ0n) is 10.3. The average Bonchev–Trinajstić information content (AvgIpc) is 2.78. The number of amides is 1. The van der Waals surface area contributed by atoms with E-state index in [1.165, 1.54) is 0 Å². The van der Waals surface area contributed by atoms with E-state index in [0.717, 1.165) is 5.56 Å². The van der Waals surface area contributed by atoms with Gasteiger partial charge >= 0.3 is 6.09 Å². The standard InChI is InChI=1S/C13H17NO3S/c1-18-12-8-14(7-11(12)15)13(16)17-9-10-5-3-2-4-6-10/h2-6,11-12,15H,7-9H2,1H3/t11-,12-/m0/s1. The molecule has 0 spiro atoms. The number of ether oxygens (including phenoxy) is 1. The van der Waals surface area contributed by atoms with Crippen molar-refractivity contribution in [1.29, 1.82) is 0 Å². The molecule has 98 valence electrons. The van der Waals surface area contributed by atoms with Crippen LogP contribution < -0.4 is 0 Å². The SMILES string of the molecule is CS[C@H]1CN(C(=O)OCc2ccccc2)C[C@@H]1O. The lowest BCUT2D eigenvalue weighted by molar-refractivity contribution is 0.0972. The maximum Gasteiger partial charge on any atom is 0.410 e. The Balaban J connectivity index is 1.82. The number of β-amino-alcohol motifs (C(OH)–C–C–N with tert-alkyl or cyclic N) is 1. The number of hydrogen-bond donors (Lipinski definition) is 1. The van der Waals surface area contributed by atoms with Gasteiger partial charge in [-0.05, 0) is 11.8 Å². The second kappa shape index (κ2) is 6.11. The number of aliphatic hydroxyl groups excluding tert-OH is 1. The topological polar surface area (TPSA) is 49.8 Å². The van der Waals surface area contributed by atoms with Gasteiger partial charge in [-0.2, -0.15) is 11.8 Å². The molecule has 0 bridgehead atoms. The van der Waals surface area contributed by atoms with Crippen molar-refractivity contribution in [3.8, 4) is 0 Å². The molecule has 0 unspecified atom stereocenters. The number of likely N-dealkylation sites (tertiary alicyclic amines) is 1. The zero-order chi connectivity index (χ0) is 13.0. The molecule has 1 aromatic rings. The molecule has 2 atom stereocenters. The van der Waals surface area contributed by atoms with E-state index >= 15 is 0 Å². The predicted molar refractivity (Wildman–Crippen MR) is 71.5 cm³/mol. The molecule has 1 aromatic carbocycles. The summed E-state index contributed by atoms with van der Waals surface area (Å²) in [4.78, 5) is 13.4. The van der Waals surface area contributed by atoms with Gasteiger partial charge in [0, 0.05) is 11.8 Å². The largest absolute Gasteiger partial charge is 0.445 e. The highest BCUT2D eigenvalue weighted by Gasteiger charge is 2.34. The van der Waals surface area contributed by atoms with Crippen molar-refractivity contribution < 1.29 is 14.6 Å². The van der Waals surface area contributed by atoms with Gasteiger partial charge in [0.15, 0.2) is 0 Å². The van der Waals surface area contributed by atoms with Crippen molar-refractivity contribution in [1.82, 2.24) is 4.90 Å². The van der Waals surface area contributed by atoms with Crippen molar-refractivity contribution in [2.75, 3.05) is 19.3 Å². The summed E-state index contributed by atoms with van der Waals surface area (Å²) >= 11 is 1.58. The third kappa shape index (κ3) is 3.17. The van der Waals surface area contributed by atoms with Crippen LogP contribution in [0.25, 0.3) is 0 Å². The van der Waals surface area contributed by atoms with E-state index in [1.54, 1.807) is 16.7 Å². The van der Waals surface area contributed by atoms with Gasteiger partial charge < -0.3 is 14.7 Å². The Morgan fingerprint density at radius 1 is 1.44 bits per heavy atom. The maximum atomic E-state index is 11.8. The van der Waals surface area contributed by atoms with Crippen molar-refractivity contribution in [2.45, 2.75) is 18.0 Å². The number of nitrogens with zero attached hydrogens (tertiary/aromatic N) is 1. The second-order valence-electron chi connectivity index (χ2n) is 4.29. The first-order chi connectivity index (χ1) is 8.70. The predicted octanol–water partition coefficient (Wildman–Crippen LogP) is 1.73. The van der Waals surface area contributed by atoms with Gasteiger partial charge in [-0.25, -0.2) is 4.79 Å². The van der Waals surface area contributed by atoms with Gasteiger partial charge in [-0.1, -0.05) is 30.3 Å². The van der Waals surface area contributed by atoms with Gasteiger partial charge in [0.05, 0.1) is 12.6 Å². The summed E-state index contributed by atoms with van der Waals surface area (Å²) in [6.07, 6.45) is 1.13. The van der Waals surface area contributed by atoms with Gasteiger partial charge in [0.2, 0.25) is 0 Å². The molecule has 1 aliphatic rings. The van der Waals surface area contributed by atoms with Gasteiger partial charge in [0.1, 0.15) is 6.61 Å². The van der Waals surface area contributed by atoms with Gasteiger partial charge in [0.25, 0.3) is 0 Å². The fraction of sp³-hybridized carbons (Fsp3) is 0.462. The van der Waals surface area contributed by atoms with Crippen LogP contribution in [-0.4, -0.2) is 46.8 Å². The lowest BCUT2D eigenvalue weighted by Crippen LogP contribution is -2.30. The molecule has 5 heteroatoms. The summed E-state index contributed by atoms with van der Waals surface area (Å²) in [6, 6.07) is 9.57. The normalized spacial score (nSPS) is 23.1. The maximum absolute atomic E-state index is 11.8. The van der Waals surface area contributed by atoms with Crippen LogP contribution in [0.15, 0.2) is 30.3 Å². The minimum absolute atomic E-state index is 0.0919. The fourth-order valence-corrected chi connectivity index (χ4v) is 2.68. The summed E-state index contributed by atoms with van der Waals surface area (Å²) < 4.78 is 5.22. The van der Waals surface area contributed by atoms with E-state index in [-0.39, 0.29) is 18.0 Å². The van der Waals surface area contributed by atoms with Crippen LogP contribution >= 0.6 is 11.8 Å². The van der Waals surface area contributed by atoms with E-state index < -0.39 is 6.10 Å². The van der Waals surface area contributed by atoms with Crippen LogP contribution in [0.5, 0.6) is 0 Å². The molecular formula is C13H17NO3S. The number of aliphatic hydroxyl groups is 1. The molecular weight excluding hydrogens is 250 g/mol. The molecule has 1 fully saturated rings. The first-order valence-corrected chi connectivity index (χ1v) is 7.16. The van der Waals surface area contributed by atoms with E-state index in [4.69, 9.17) is 4.74 Å². The average molecular weight is 267 g/mol. The van der Waals surface area contributed by atoms with Crippen LogP contribution in [0.4, 0.5) is 4.79 Å². The zero-order valence-corrected chi connectivity index (χ0v) is 11.1. The molecule has 1 saturated heterocycles. The summed E-state index contributed by atoms with van der Waals surface area (Å²) in [7, 11) is 0. The number of benzene rings is 1. The fourth-order valence-electron chi connectivity index (χ4n) is 1.95.